The van der Waals surface area contributed by atoms with Crippen molar-refractivity contribution in [1.29, 1.82) is 0 Å². The van der Waals surface area contributed by atoms with Crippen LogP contribution in [0.4, 0.5) is 9.52 Å². The van der Waals surface area contributed by atoms with Crippen LogP contribution in [0.2, 0.25) is 0 Å². The number of anilines is 1. The van der Waals surface area contributed by atoms with Gasteiger partial charge in [-0.15, -0.1) is 35.3 Å². The largest absolute Gasteiger partial charge is 0.489 e. The number of nitrogens with one attached hydrogen (secondary N) is 2. The molecule has 9 heteroatoms. The van der Waals surface area contributed by atoms with Crippen molar-refractivity contribution in [2.45, 2.75) is 32.3 Å². The lowest BCUT2D eigenvalue weighted by Gasteiger charge is -2.17. The highest BCUT2D eigenvalue weighted by molar-refractivity contribution is 14.0. The monoisotopic (exact) mass is 533 g/mol. The van der Waals surface area contributed by atoms with Crippen LogP contribution in [0.3, 0.4) is 0 Å². The smallest absolute Gasteiger partial charge is 0.191 e. The van der Waals surface area contributed by atoms with Gasteiger partial charge in [-0.1, -0.05) is 6.07 Å². The molecule has 0 bridgehead atoms. The van der Waals surface area contributed by atoms with Gasteiger partial charge in [0, 0.05) is 44.5 Å². The molecule has 0 spiro atoms. The third-order valence-corrected chi connectivity index (χ3v) is 5.45. The van der Waals surface area contributed by atoms with Gasteiger partial charge in [0.2, 0.25) is 0 Å². The van der Waals surface area contributed by atoms with Crippen molar-refractivity contribution in [3.8, 4) is 5.75 Å². The molecule has 160 valence electrons. The molecule has 2 heterocycles. The zero-order chi connectivity index (χ0) is 19.8. The highest BCUT2D eigenvalue weighted by Gasteiger charge is 2.15. The second-order valence-corrected chi connectivity index (χ2v) is 7.67. The third-order valence-electron chi connectivity index (χ3n) is 4.50. The maximum absolute atomic E-state index is 13.2. The first-order valence-electron chi connectivity index (χ1n) is 9.70. The average Bonchev–Trinajstić information content (AvgIpc) is 3.36. The molecule has 29 heavy (non-hydrogen) atoms. The van der Waals surface area contributed by atoms with Gasteiger partial charge in [-0.25, -0.2) is 9.37 Å². The number of guanidine groups is 1. The highest BCUT2D eigenvalue weighted by atomic mass is 127. The van der Waals surface area contributed by atoms with Gasteiger partial charge in [-0.05, 0) is 31.9 Å². The number of halogens is 2. The van der Waals surface area contributed by atoms with E-state index < -0.39 is 0 Å². The summed E-state index contributed by atoms with van der Waals surface area (Å²) in [5.74, 6) is 0.935. The molecule has 1 fully saturated rings. The topological polar surface area (TPSA) is 61.8 Å². The Kier molecular flexibility index (Phi) is 9.92. The number of aliphatic imine (C=N–C) groups is 1. The first-order valence-corrected chi connectivity index (χ1v) is 10.6. The van der Waals surface area contributed by atoms with E-state index in [1.54, 1.807) is 30.5 Å². The van der Waals surface area contributed by atoms with Crippen LogP contribution in [0.1, 0.15) is 25.5 Å². The number of hydrogen-bond donors (Lipinski definition) is 2. The Bertz CT molecular complexity index is 782. The molecule has 0 radical (unpaired) electrons. The van der Waals surface area contributed by atoms with Crippen molar-refractivity contribution < 1.29 is 9.13 Å². The fraction of sp³-hybridized carbons (Fsp3) is 0.500. The van der Waals surface area contributed by atoms with Gasteiger partial charge >= 0.3 is 0 Å². The Morgan fingerprint density at radius 1 is 1.34 bits per heavy atom. The van der Waals surface area contributed by atoms with E-state index in [-0.39, 0.29) is 35.9 Å². The van der Waals surface area contributed by atoms with Crippen LogP contribution >= 0.6 is 35.3 Å². The Labute approximate surface area is 193 Å². The molecule has 1 aromatic carbocycles. The van der Waals surface area contributed by atoms with Crippen LogP contribution in [0.5, 0.6) is 5.75 Å². The standard InChI is InChI=1S/C20H28FN5OS.HI/c1-15(27-18-7-5-6-16(21)12-18)13-24-19(22-2)23-9-8-17-14-28-20(25-17)26-10-3-4-11-26;/h5-7,12,14-15H,3-4,8-11,13H2,1-2H3,(H2,22,23,24);1H. The van der Waals surface area contributed by atoms with Gasteiger partial charge in [-0.3, -0.25) is 4.99 Å². The lowest BCUT2D eigenvalue weighted by molar-refractivity contribution is 0.223. The molecule has 1 aliphatic rings. The molecule has 1 aromatic heterocycles. The van der Waals surface area contributed by atoms with E-state index in [4.69, 9.17) is 9.72 Å². The second kappa shape index (κ2) is 12.2. The van der Waals surface area contributed by atoms with E-state index in [0.29, 0.717) is 18.3 Å². The molecule has 1 atom stereocenters. The lowest BCUT2D eigenvalue weighted by Crippen LogP contribution is -2.42. The summed E-state index contributed by atoms with van der Waals surface area (Å²) in [6.07, 6.45) is 3.25. The van der Waals surface area contributed by atoms with E-state index in [0.717, 1.165) is 36.9 Å². The van der Waals surface area contributed by atoms with Crippen molar-refractivity contribution in [1.82, 2.24) is 15.6 Å². The Balaban J connectivity index is 0.00000300. The Morgan fingerprint density at radius 3 is 2.86 bits per heavy atom. The van der Waals surface area contributed by atoms with Crippen molar-refractivity contribution in [3.63, 3.8) is 0 Å². The number of nitrogens with zero attached hydrogens (tertiary/aromatic N) is 3. The molecule has 3 rings (SSSR count). The van der Waals surface area contributed by atoms with E-state index in [9.17, 15) is 4.39 Å². The minimum absolute atomic E-state index is 0. The number of aromatic nitrogens is 1. The number of ether oxygens (including phenoxy) is 1. The van der Waals surface area contributed by atoms with Gasteiger partial charge in [-0.2, -0.15) is 0 Å². The van der Waals surface area contributed by atoms with E-state index in [1.807, 2.05) is 6.92 Å². The number of hydrogen-bond acceptors (Lipinski definition) is 5. The summed E-state index contributed by atoms with van der Waals surface area (Å²) in [6.45, 7) is 5.49. The Hall–Kier alpha value is -1.62. The maximum Gasteiger partial charge on any atom is 0.191 e. The summed E-state index contributed by atoms with van der Waals surface area (Å²) in [6, 6.07) is 6.17. The number of benzene rings is 1. The molecule has 6 nitrogen and oxygen atoms in total. The molecule has 0 amide bonds. The van der Waals surface area contributed by atoms with Crippen molar-refractivity contribution in [2.75, 3.05) is 38.1 Å². The van der Waals surface area contributed by atoms with Gasteiger partial charge in [0.05, 0.1) is 12.2 Å². The minimum atomic E-state index is -0.301. The quantitative estimate of drug-likeness (QED) is 0.308. The highest BCUT2D eigenvalue weighted by Crippen LogP contribution is 2.24. The van der Waals surface area contributed by atoms with E-state index >= 15 is 0 Å². The molecule has 0 aliphatic carbocycles. The van der Waals surface area contributed by atoms with Crippen molar-refractivity contribution in [2.24, 2.45) is 4.99 Å². The van der Waals surface area contributed by atoms with Crippen molar-refractivity contribution in [3.05, 3.63) is 41.2 Å². The third kappa shape index (κ3) is 7.61. The van der Waals surface area contributed by atoms with E-state index in [1.165, 1.54) is 25.0 Å². The summed E-state index contributed by atoms with van der Waals surface area (Å²) in [5, 5.41) is 9.81. The molecule has 0 saturated carbocycles. The van der Waals surface area contributed by atoms with Crippen LogP contribution in [0.25, 0.3) is 0 Å². The predicted octanol–water partition coefficient (Wildman–Crippen LogP) is 3.68. The molecule has 2 N–H and O–H groups in total. The average molecular weight is 533 g/mol. The molecule has 1 saturated heterocycles. The summed E-state index contributed by atoms with van der Waals surface area (Å²) < 4.78 is 18.9. The minimum Gasteiger partial charge on any atom is -0.489 e. The summed E-state index contributed by atoms with van der Waals surface area (Å²) in [5.41, 5.74) is 1.11. The molecule has 2 aromatic rings. The van der Waals surface area contributed by atoms with Crippen LogP contribution in [0, 0.1) is 5.82 Å². The molecular weight excluding hydrogens is 504 g/mol. The number of rotatable bonds is 8. The van der Waals surface area contributed by atoms with Crippen LogP contribution < -0.4 is 20.3 Å². The molecular formula is C20H29FIN5OS. The van der Waals surface area contributed by atoms with Gasteiger partial charge in [0.1, 0.15) is 17.7 Å². The zero-order valence-corrected chi connectivity index (χ0v) is 20.0. The lowest BCUT2D eigenvalue weighted by atomic mass is 10.3. The van der Waals surface area contributed by atoms with Gasteiger partial charge < -0.3 is 20.3 Å². The van der Waals surface area contributed by atoms with Crippen LogP contribution in [-0.4, -0.2) is 50.3 Å². The predicted molar refractivity (Wildman–Crippen MR) is 129 cm³/mol. The molecule has 1 unspecified atom stereocenters. The van der Waals surface area contributed by atoms with E-state index in [2.05, 4.69) is 25.9 Å². The second-order valence-electron chi connectivity index (χ2n) is 6.83. The Morgan fingerprint density at radius 2 is 2.14 bits per heavy atom. The summed E-state index contributed by atoms with van der Waals surface area (Å²) >= 11 is 1.73. The first kappa shape index (κ1) is 23.7. The van der Waals surface area contributed by atoms with Crippen LogP contribution in [0.15, 0.2) is 34.6 Å². The zero-order valence-electron chi connectivity index (χ0n) is 16.9. The van der Waals surface area contributed by atoms with Gasteiger partial charge in [0.25, 0.3) is 0 Å². The fourth-order valence-corrected chi connectivity index (χ4v) is 3.96. The fourth-order valence-electron chi connectivity index (χ4n) is 3.05. The number of thiazole rings is 1. The summed E-state index contributed by atoms with van der Waals surface area (Å²) in [7, 11) is 1.74. The van der Waals surface area contributed by atoms with Crippen molar-refractivity contribution >= 4 is 46.4 Å². The first-order chi connectivity index (χ1) is 13.6. The molecule has 1 aliphatic heterocycles. The maximum atomic E-state index is 13.2. The normalized spacial score (nSPS) is 15.0. The van der Waals surface area contributed by atoms with Crippen LogP contribution in [-0.2, 0) is 6.42 Å². The van der Waals surface area contributed by atoms with Gasteiger partial charge in [0.15, 0.2) is 11.1 Å². The SMILES string of the molecule is CN=C(NCCc1csc(N2CCCC2)n1)NCC(C)Oc1cccc(F)c1.I. The summed E-state index contributed by atoms with van der Waals surface area (Å²) in [4.78, 5) is 11.3.